The van der Waals surface area contributed by atoms with Crippen LogP contribution < -0.4 is 26.2 Å². The summed E-state index contributed by atoms with van der Waals surface area (Å²) in [6.07, 6.45) is 0. The topological polar surface area (TPSA) is 6.48 Å². The lowest BCUT2D eigenvalue weighted by atomic mass is 9.33. The van der Waals surface area contributed by atoms with Gasteiger partial charge in [-0.1, -0.05) is 123 Å². The van der Waals surface area contributed by atoms with Gasteiger partial charge >= 0.3 is 0 Å². The zero-order valence-electron chi connectivity index (χ0n) is 35.4. The molecular weight excluding hydrogens is 579 g/mol. The average molecular weight is 622 g/mol. The first-order valence-electron chi connectivity index (χ1n) is 20.7. The third-order valence-electron chi connectivity index (χ3n) is 10.3. The molecular formula is C45H33BN2. The monoisotopic (exact) mass is 621 g/mol. The molecule has 7 aromatic carbocycles. The molecule has 1 aliphatic carbocycles. The van der Waals surface area contributed by atoms with Crippen LogP contribution in [0.1, 0.15) is 37.3 Å². The smallest absolute Gasteiger partial charge is 0.252 e. The summed E-state index contributed by atoms with van der Waals surface area (Å²) >= 11 is 0. The van der Waals surface area contributed by atoms with Crippen LogP contribution in [-0.2, 0) is 5.41 Å². The van der Waals surface area contributed by atoms with E-state index in [0.29, 0.717) is 11.2 Å². The minimum absolute atomic E-state index is 0.0510. The van der Waals surface area contributed by atoms with Crippen molar-refractivity contribution in [2.24, 2.45) is 0 Å². The average Bonchev–Trinajstić information content (AvgIpc) is 3.46. The molecule has 226 valence electrons. The highest BCUT2D eigenvalue weighted by atomic mass is 15.2. The molecule has 0 N–H and O–H groups in total. The Morgan fingerprint density at radius 2 is 1.17 bits per heavy atom. The number of anilines is 6. The van der Waals surface area contributed by atoms with E-state index in [0.717, 1.165) is 33.7 Å². The van der Waals surface area contributed by atoms with Gasteiger partial charge in [-0.25, -0.2) is 0 Å². The van der Waals surface area contributed by atoms with E-state index in [4.69, 9.17) is 9.60 Å². The van der Waals surface area contributed by atoms with Gasteiger partial charge in [-0.2, -0.15) is 0 Å². The second kappa shape index (κ2) is 10.1. The van der Waals surface area contributed by atoms with Gasteiger partial charge in [-0.3, -0.25) is 0 Å². The molecule has 3 aliphatic rings. The quantitative estimate of drug-likeness (QED) is 0.181. The molecule has 10 rings (SSSR count). The van der Waals surface area contributed by atoms with Gasteiger partial charge in [0.2, 0.25) is 0 Å². The Labute approximate surface area is 295 Å². The SMILES string of the molecule is [2H]c1c([2H])c([2H])c(N2c3cccc4c3B(c3cc(-c5ccc6c(c5)-c5ccccc5C6(C)C)ccc3N4c3ccccc3)c3c([2H])c([2H])c([2H])c([2H])c32)c([2H])c1[2H]. The predicted octanol–water partition coefficient (Wildman–Crippen LogP) is 9.74. The van der Waals surface area contributed by atoms with E-state index in [-0.39, 0.29) is 34.3 Å². The molecule has 0 amide bonds. The Bertz CT molecular complexity index is 2880. The highest BCUT2D eigenvalue weighted by Crippen LogP contribution is 2.50. The Kier molecular flexibility index (Phi) is 4.16. The fourth-order valence-corrected chi connectivity index (χ4v) is 8.14. The first kappa shape index (κ1) is 19.8. The third kappa shape index (κ3) is 3.76. The van der Waals surface area contributed by atoms with E-state index in [1.165, 1.54) is 27.2 Å². The molecule has 0 fully saturated rings. The Balaban J connectivity index is 1.29. The molecule has 3 heteroatoms. The lowest BCUT2D eigenvalue weighted by molar-refractivity contribution is 0.660. The first-order valence-corrected chi connectivity index (χ1v) is 16.2. The summed E-state index contributed by atoms with van der Waals surface area (Å²) in [5.41, 5.74) is 11.2. The number of hydrogen-bond acceptors (Lipinski definition) is 2. The number of rotatable bonds is 3. The summed E-state index contributed by atoms with van der Waals surface area (Å²) in [5, 5.41) is 0. The maximum atomic E-state index is 9.49. The van der Waals surface area contributed by atoms with Gasteiger partial charge in [0.15, 0.2) is 0 Å². The van der Waals surface area contributed by atoms with Gasteiger partial charge in [-0.05, 0) is 104 Å². The van der Waals surface area contributed by atoms with E-state index >= 15 is 0 Å². The Morgan fingerprint density at radius 3 is 2.00 bits per heavy atom. The van der Waals surface area contributed by atoms with Crippen LogP contribution >= 0.6 is 0 Å². The minimum Gasteiger partial charge on any atom is -0.311 e. The van der Waals surface area contributed by atoms with Crippen molar-refractivity contribution in [1.29, 1.82) is 0 Å². The van der Waals surface area contributed by atoms with Crippen LogP contribution in [0.15, 0.2) is 164 Å². The first-order chi connectivity index (χ1) is 27.3. The molecule has 0 bridgehead atoms. The van der Waals surface area contributed by atoms with Gasteiger partial charge in [-0.15, -0.1) is 0 Å². The molecule has 48 heavy (non-hydrogen) atoms. The van der Waals surface area contributed by atoms with E-state index in [9.17, 15) is 2.74 Å². The highest BCUT2D eigenvalue weighted by Gasteiger charge is 2.43. The van der Waals surface area contributed by atoms with Crippen LogP contribution in [0, 0.1) is 0 Å². The maximum Gasteiger partial charge on any atom is 0.252 e. The predicted molar refractivity (Wildman–Crippen MR) is 203 cm³/mol. The van der Waals surface area contributed by atoms with Gasteiger partial charge < -0.3 is 9.80 Å². The van der Waals surface area contributed by atoms with Crippen molar-refractivity contribution in [2.75, 3.05) is 9.80 Å². The summed E-state index contributed by atoms with van der Waals surface area (Å²) in [4.78, 5) is 3.59. The molecule has 0 radical (unpaired) electrons. The molecule has 0 aromatic heterocycles. The van der Waals surface area contributed by atoms with Gasteiger partial charge in [0.25, 0.3) is 6.71 Å². The summed E-state index contributed by atoms with van der Waals surface area (Å²) in [6.45, 7) is 3.79. The van der Waals surface area contributed by atoms with Crippen molar-refractivity contribution in [3.63, 3.8) is 0 Å². The van der Waals surface area contributed by atoms with Crippen molar-refractivity contribution in [1.82, 2.24) is 0 Å². The molecule has 0 unspecified atom stereocenters. The van der Waals surface area contributed by atoms with E-state index in [1.54, 1.807) is 6.07 Å². The molecule has 2 nitrogen and oxygen atoms in total. The number of fused-ring (bicyclic) bond motifs is 7. The maximum absolute atomic E-state index is 9.49. The fraction of sp³-hybridized carbons (Fsp3) is 0.0667. The summed E-state index contributed by atoms with van der Waals surface area (Å²) < 4.78 is 80.2. The van der Waals surface area contributed by atoms with Gasteiger partial charge in [0, 0.05) is 39.5 Å². The lowest BCUT2D eigenvalue weighted by Crippen LogP contribution is -2.61. The van der Waals surface area contributed by atoms with Crippen molar-refractivity contribution in [3.8, 4) is 22.3 Å². The van der Waals surface area contributed by atoms with Crippen LogP contribution in [0.2, 0.25) is 0 Å². The molecule has 0 spiro atoms. The zero-order chi connectivity index (χ0) is 39.8. The molecule has 7 aromatic rings. The minimum atomic E-state index is -0.711. The van der Waals surface area contributed by atoms with Crippen LogP contribution in [0.4, 0.5) is 34.1 Å². The van der Waals surface area contributed by atoms with E-state index in [1.807, 2.05) is 42.5 Å². The van der Waals surface area contributed by atoms with Crippen LogP contribution in [0.3, 0.4) is 0 Å². The number of para-hydroxylation sites is 3. The van der Waals surface area contributed by atoms with E-state index in [2.05, 4.69) is 79.4 Å². The third-order valence-corrected chi connectivity index (χ3v) is 10.3. The van der Waals surface area contributed by atoms with Crippen LogP contribution in [-0.4, -0.2) is 6.71 Å². The van der Waals surface area contributed by atoms with Crippen LogP contribution in [0.25, 0.3) is 22.3 Å². The molecule has 2 aliphatic heterocycles. The zero-order valence-corrected chi connectivity index (χ0v) is 26.4. The molecule has 0 atom stereocenters. The Morgan fingerprint density at radius 1 is 0.500 bits per heavy atom. The highest BCUT2D eigenvalue weighted by molar-refractivity contribution is 7.00. The molecule has 0 saturated carbocycles. The number of nitrogens with zero attached hydrogens (tertiary/aromatic N) is 2. The van der Waals surface area contributed by atoms with Crippen LogP contribution in [0.5, 0.6) is 0 Å². The number of hydrogen-bond donors (Lipinski definition) is 0. The second-order valence-electron chi connectivity index (χ2n) is 13.1. The molecule has 2 heterocycles. The summed E-state index contributed by atoms with van der Waals surface area (Å²) in [6, 6.07) is 32.8. The van der Waals surface area contributed by atoms with Crippen molar-refractivity contribution >= 4 is 57.2 Å². The second-order valence-corrected chi connectivity index (χ2v) is 13.1. The number of benzene rings is 7. The molecule has 0 saturated heterocycles. The van der Waals surface area contributed by atoms with Crippen molar-refractivity contribution in [2.45, 2.75) is 19.3 Å². The summed E-state index contributed by atoms with van der Waals surface area (Å²) in [7, 11) is 0. The van der Waals surface area contributed by atoms with Crippen molar-refractivity contribution in [3.05, 3.63) is 175 Å². The normalized spacial score (nSPS) is 17.1. The van der Waals surface area contributed by atoms with Gasteiger partial charge in [0.05, 0.1) is 12.3 Å². The van der Waals surface area contributed by atoms with Crippen molar-refractivity contribution < 1.29 is 12.3 Å². The largest absolute Gasteiger partial charge is 0.311 e. The van der Waals surface area contributed by atoms with E-state index < -0.39 is 49.0 Å². The lowest BCUT2D eigenvalue weighted by Gasteiger charge is -2.44. The standard InChI is InChI=1S/C45H33BN2/c1-45(2)36-19-10-9-18-34(36)35-28-30(24-26-37(35)45)31-25-27-41-39(29-31)46-38-20-11-12-21-40(38)47(32-14-5-3-6-15-32)42-22-13-23-43(44(42)46)48(41)33-16-7-4-8-17-33/h3-29H,1-2H3/i3D,5D,6D,11D,12D,14D,15D,20D,21D. The summed E-state index contributed by atoms with van der Waals surface area (Å²) in [5.74, 6) is 0. The van der Waals surface area contributed by atoms with Gasteiger partial charge in [0.1, 0.15) is 0 Å². The Hall–Kier alpha value is -5.80. The fourth-order valence-electron chi connectivity index (χ4n) is 8.14.